The molecule has 100 valence electrons. The number of hydrogen-bond acceptors (Lipinski definition) is 5. The van der Waals surface area contributed by atoms with Crippen LogP contribution in [0.4, 0.5) is 5.69 Å². The van der Waals surface area contributed by atoms with Crippen LogP contribution in [0, 0.1) is 0 Å². The smallest absolute Gasteiger partial charge is 0.152 e. The summed E-state index contributed by atoms with van der Waals surface area (Å²) in [6, 6.07) is 7.19. The summed E-state index contributed by atoms with van der Waals surface area (Å²) in [6.45, 7) is -0.196. The standard InChI is InChI=1S/C12H17NO4S/c1-17-11-4-2-10(3-5-11)13-12(8-14)6-7-18(15,16)9-12/h2-5,13-14H,6-9H2,1H3. The minimum Gasteiger partial charge on any atom is -0.497 e. The average Bonchev–Trinajstić information content (AvgIpc) is 2.67. The Morgan fingerprint density at radius 3 is 2.50 bits per heavy atom. The van der Waals surface area contributed by atoms with E-state index in [4.69, 9.17) is 4.74 Å². The van der Waals surface area contributed by atoms with Crippen molar-refractivity contribution in [3.8, 4) is 5.75 Å². The summed E-state index contributed by atoms with van der Waals surface area (Å²) in [5, 5.41) is 12.6. The summed E-state index contributed by atoms with van der Waals surface area (Å²) < 4.78 is 28.1. The SMILES string of the molecule is COc1ccc(NC2(CO)CCS(=O)(=O)C2)cc1. The maximum absolute atomic E-state index is 11.5. The molecule has 1 saturated heterocycles. The van der Waals surface area contributed by atoms with Crippen molar-refractivity contribution < 1.29 is 18.3 Å². The van der Waals surface area contributed by atoms with Crippen molar-refractivity contribution in [2.75, 3.05) is 30.5 Å². The van der Waals surface area contributed by atoms with Gasteiger partial charge in [-0.25, -0.2) is 8.42 Å². The zero-order valence-corrected chi connectivity index (χ0v) is 11.0. The lowest BCUT2D eigenvalue weighted by Crippen LogP contribution is -2.43. The van der Waals surface area contributed by atoms with Gasteiger partial charge < -0.3 is 15.2 Å². The lowest BCUT2D eigenvalue weighted by atomic mass is 10.00. The van der Waals surface area contributed by atoms with Gasteiger partial charge in [0.25, 0.3) is 0 Å². The molecule has 1 atom stereocenters. The first-order chi connectivity index (χ1) is 8.49. The summed E-state index contributed by atoms with van der Waals surface area (Å²) in [6.07, 6.45) is 0.428. The first-order valence-electron chi connectivity index (χ1n) is 5.72. The molecule has 1 unspecified atom stereocenters. The Bertz CT molecular complexity index is 511. The van der Waals surface area contributed by atoms with Gasteiger partial charge in [-0.05, 0) is 30.7 Å². The Labute approximate surface area is 107 Å². The summed E-state index contributed by atoms with van der Waals surface area (Å²) in [7, 11) is -1.46. The second-order valence-corrected chi connectivity index (χ2v) is 6.82. The lowest BCUT2D eigenvalue weighted by Gasteiger charge is -2.28. The van der Waals surface area contributed by atoms with Crippen LogP contribution in [0.3, 0.4) is 0 Å². The quantitative estimate of drug-likeness (QED) is 0.841. The van der Waals surface area contributed by atoms with Gasteiger partial charge in [0, 0.05) is 5.69 Å². The van der Waals surface area contributed by atoms with Crippen molar-refractivity contribution in [2.45, 2.75) is 12.0 Å². The van der Waals surface area contributed by atoms with E-state index >= 15 is 0 Å². The summed E-state index contributed by atoms with van der Waals surface area (Å²) in [4.78, 5) is 0. The van der Waals surface area contributed by atoms with Crippen LogP contribution in [0.15, 0.2) is 24.3 Å². The lowest BCUT2D eigenvalue weighted by molar-refractivity contribution is 0.226. The number of aliphatic hydroxyl groups is 1. The van der Waals surface area contributed by atoms with Crippen molar-refractivity contribution >= 4 is 15.5 Å². The summed E-state index contributed by atoms with van der Waals surface area (Å²) in [5.74, 6) is 0.830. The number of hydrogen-bond donors (Lipinski definition) is 2. The van der Waals surface area contributed by atoms with E-state index in [1.54, 1.807) is 31.4 Å². The van der Waals surface area contributed by atoms with Gasteiger partial charge in [0.05, 0.1) is 30.8 Å². The molecule has 18 heavy (non-hydrogen) atoms. The topological polar surface area (TPSA) is 75.6 Å². The van der Waals surface area contributed by atoms with Crippen LogP contribution < -0.4 is 10.1 Å². The number of sulfone groups is 1. The fourth-order valence-corrected chi connectivity index (χ4v) is 4.16. The molecule has 0 amide bonds. The number of ether oxygens (including phenoxy) is 1. The molecule has 1 aliphatic heterocycles. The highest BCUT2D eigenvalue weighted by molar-refractivity contribution is 7.91. The molecule has 1 aromatic carbocycles. The van der Waals surface area contributed by atoms with Crippen LogP contribution in [0.2, 0.25) is 0 Å². The van der Waals surface area contributed by atoms with E-state index in [0.717, 1.165) is 11.4 Å². The van der Waals surface area contributed by atoms with Crippen molar-refractivity contribution in [3.05, 3.63) is 24.3 Å². The second kappa shape index (κ2) is 4.78. The highest BCUT2D eigenvalue weighted by Gasteiger charge is 2.41. The van der Waals surface area contributed by atoms with E-state index in [2.05, 4.69) is 5.32 Å². The van der Waals surface area contributed by atoms with Crippen LogP contribution in [-0.2, 0) is 9.84 Å². The molecule has 6 heteroatoms. The summed E-state index contributed by atoms with van der Waals surface area (Å²) in [5.41, 5.74) is 0.0231. The average molecular weight is 271 g/mol. The van der Waals surface area contributed by atoms with Gasteiger partial charge in [-0.1, -0.05) is 0 Å². The van der Waals surface area contributed by atoms with E-state index in [9.17, 15) is 13.5 Å². The zero-order valence-electron chi connectivity index (χ0n) is 10.2. The van der Waals surface area contributed by atoms with E-state index in [0.29, 0.717) is 6.42 Å². The van der Waals surface area contributed by atoms with E-state index in [1.807, 2.05) is 0 Å². The Hall–Kier alpha value is -1.27. The third kappa shape index (κ3) is 2.76. The monoisotopic (exact) mass is 271 g/mol. The normalized spacial score (nSPS) is 25.9. The summed E-state index contributed by atoms with van der Waals surface area (Å²) >= 11 is 0. The van der Waals surface area contributed by atoms with Crippen molar-refractivity contribution in [3.63, 3.8) is 0 Å². The Balaban J connectivity index is 2.15. The number of rotatable bonds is 4. The number of aliphatic hydroxyl groups excluding tert-OH is 1. The maximum atomic E-state index is 11.5. The molecule has 1 fully saturated rings. The maximum Gasteiger partial charge on any atom is 0.152 e. The Morgan fingerprint density at radius 1 is 1.39 bits per heavy atom. The fourth-order valence-electron chi connectivity index (χ4n) is 2.16. The predicted octanol–water partition coefficient (Wildman–Crippen LogP) is 0.657. The fraction of sp³-hybridized carbons (Fsp3) is 0.500. The van der Waals surface area contributed by atoms with Gasteiger partial charge in [-0.15, -0.1) is 0 Å². The molecule has 2 rings (SSSR count). The van der Waals surface area contributed by atoms with Crippen LogP contribution in [0.5, 0.6) is 5.75 Å². The molecule has 0 bridgehead atoms. The predicted molar refractivity (Wildman–Crippen MR) is 69.7 cm³/mol. The van der Waals surface area contributed by atoms with Crippen molar-refractivity contribution in [2.24, 2.45) is 0 Å². The molecule has 0 radical (unpaired) electrons. The highest BCUT2D eigenvalue weighted by Crippen LogP contribution is 2.28. The highest BCUT2D eigenvalue weighted by atomic mass is 32.2. The van der Waals surface area contributed by atoms with Gasteiger partial charge in [0.1, 0.15) is 5.75 Å². The molecule has 1 aliphatic rings. The molecule has 2 N–H and O–H groups in total. The third-order valence-electron chi connectivity index (χ3n) is 3.19. The van der Waals surface area contributed by atoms with Gasteiger partial charge in [0.2, 0.25) is 0 Å². The molecule has 0 aromatic heterocycles. The van der Waals surface area contributed by atoms with Crippen LogP contribution in [-0.4, -0.2) is 44.3 Å². The first kappa shape index (κ1) is 13.2. The van der Waals surface area contributed by atoms with Crippen LogP contribution >= 0.6 is 0 Å². The molecule has 1 heterocycles. The van der Waals surface area contributed by atoms with Crippen molar-refractivity contribution in [1.29, 1.82) is 0 Å². The molecule has 0 saturated carbocycles. The first-order valence-corrected chi connectivity index (χ1v) is 7.54. The van der Waals surface area contributed by atoms with Gasteiger partial charge in [-0.2, -0.15) is 0 Å². The largest absolute Gasteiger partial charge is 0.497 e. The molecule has 0 aliphatic carbocycles. The van der Waals surface area contributed by atoms with Gasteiger partial charge in [0.15, 0.2) is 9.84 Å². The molecule has 1 aromatic rings. The minimum absolute atomic E-state index is 0.0253. The Kier molecular flexibility index (Phi) is 3.49. The molecular weight excluding hydrogens is 254 g/mol. The van der Waals surface area contributed by atoms with Crippen molar-refractivity contribution in [1.82, 2.24) is 0 Å². The van der Waals surface area contributed by atoms with Crippen LogP contribution in [0.25, 0.3) is 0 Å². The Morgan fingerprint density at radius 2 is 2.06 bits per heavy atom. The van der Waals surface area contributed by atoms with Gasteiger partial charge >= 0.3 is 0 Å². The molecule has 0 spiro atoms. The third-order valence-corrected chi connectivity index (χ3v) is 5.01. The molecule has 5 nitrogen and oxygen atoms in total. The number of anilines is 1. The number of nitrogens with one attached hydrogen (secondary N) is 1. The number of benzene rings is 1. The second-order valence-electron chi connectivity index (χ2n) is 4.63. The zero-order chi connectivity index (χ0) is 13.2. The number of methoxy groups -OCH3 is 1. The van der Waals surface area contributed by atoms with Crippen LogP contribution in [0.1, 0.15) is 6.42 Å². The van der Waals surface area contributed by atoms with E-state index < -0.39 is 15.4 Å². The van der Waals surface area contributed by atoms with Gasteiger partial charge in [-0.3, -0.25) is 0 Å². The minimum atomic E-state index is -3.05. The van der Waals surface area contributed by atoms with E-state index in [-0.39, 0.29) is 18.1 Å². The molecular formula is C12H17NO4S. The van der Waals surface area contributed by atoms with E-state index in [1.165, 1.54) is 0 Å².